The molecule has 0 spiro atoms. The van der Waals surface area contributed by atoms with Gasteiger partial charge in [0.25, 0.3) is 10.0 Å². The fraction of sp³-hybridized carbons (Fsp3) is 0.360. The van der Waals surface area contributed by atoms with Gasteiger partial charge in [-0.1, -0.05) is 0 Å². The van der Waals surface area contributed by atoms with E-state index in [0.717, 1.165) is 27.7 Å². The molecule has 37 heavy (non-hydrogen) atoms. The maximum atomic E-state index is 13.4. The number of benzene rings is 2. The van der Waals surface area contributed by atoms with Gasteiger partial charge in [0.05, 0.1) is 23.6 Å². The molecule has 0 radical (unpaired) electrons. The summed E-state index contributed by atoms with van der Waals surface area (Å²) in [5.74, 6) is -0.274. The highest BCUT2D eigenvalue weighted by Crippen LogP contribution is 2.65. The van der Waals surface area contributed by atoms with Crippen LogP contribution in [0.15, 0.2) is 53.8 Å². The average molecular weight is 524 g/mol. The molecule has 3 atom stereocenters. The minimum absolute atomic E-state index is 0.0501. The van der Waals surface area contributed by atoms with Crippen molar-refractivity contribution in [3.63, 3.8) is 0 Å². The first-order valence-corrected chi connectivity index (χ1v) is 13.4. The number of piperidine rings is 1. The summed E-state index contributed by atoms with van der Waals surface area (Å²) in [5.41, 5.74) is 3.24. The van der Waals surface area contributed by atoms with Crippen LogP contribution >= 0.6 is 0 Å². The first-order chi connectivity index (χ1) is 17.6. The van der Waals surface area contributed by atoms with Crippen LogP contribution in [0.4, 0.5) is 4.39 Å². The van der Waals surface area contributed by atoms with Crippen molar-refractivity contribution in [1.29, 1.82) is 0 Å². The number of sulfonamides is 1. The van der Waals surface area contributed by atoms with Gasteiger partial charge >= 0.3 is 0 Å². The molecular formula is C25H26FN7O3S. The van der Waals surface area contributed by atoms with Crippen molar-refractivity contribution in [2.24, 2.45) is 18.9 Å². The normalized spacial score (nSPS) is 23.4. The number of hydrogen-bond donors (Lipinski definition) is 1. The van der Waals surface area contributed by atoms with Gasteiger partial charge in [-0.25, -0.2) is 17.5 Å². The molecule has 3 heterocycles. The van der Waals surface area contributed by atoms with Gasteiger partial charge in [-0.05, 0) is 66.3 Å². The Morgan fingerprint density at radius 2 is 1.95 bits per heavy atom. The maximum absolute atomic E-state index is 13.4. The summed E-state index contributed by atoms with van der Waals surface area (Å²) in [4.78, 5) is 12.9. The van der Waals surface area contributed by atoms with Crippen molar-refractivity contribution in [3.05, 3.63) is 65.7 Å². The molecule has 6 rings (SSSR count). The van der Waals surface area contributed by atoms with Crippen LogP contribution in [0.25, 0.3) is 16.6 Å². The zero-order valence-corrected chi connectivity index (χ0v) is 21.4. The molecule has 12 heteroatoms. The summed E-state index contributed by atoms with van der Waals surface area (Å²) in [6.07, 6.45) is 3.03. The van der Waals surface area contributed by atoms with E-state index in [2.05, 4.69) is 26.7 Å². The Bertz CT molecular complexity index is 1650. The van der Waals surface area contributed by atoms with Gasteiger partial charge in [0.1, 0.15) is 5.82 Å². The SMILES string of the molecule is CC(=O)NC[C@@H]1[C@H]2CN(S(=O)(=O)c3cnn(C)n3)C[C@@]12c1cc2cnn(-c3ccc(F)cc3)c2cc1C. The largest absolute Gasteiger partial charge is 0.356 e. The molecule has 1 N–H and O–H groups in total. The third-order valence-electron chi connectivity index (χ3n) is 7.78. The predicted molar refractivity (Wildman–Crippen MR) is 133 cm³/mol. The van der Waals surface area contributed by atoms with E-state index in [1.807, 2.05) is 13.0 Å². The number of aromatic nitrogens is 5. The van der Waals surface area contributed by atoms with Gasteiger partial charge in [0, 0.05) is 44.4 Å². The van der Waals surface area contributed by atoms with E-state index in [0.29, 0.717) is 19.6 Å². The number of carbonyl (C=O) groups excluding carboxylic acids is 1. The van der Waals surface area contributed by atoms with Crippen LogP contribution in [-0.2, 0) is 27.3 Å². The molecule has 10 nitrogen and oxygen atoms in total. The first kappa shape index (κ1) is 23.7. The van der Waals surface area contributed by atoms with Crippen molar-refractivity contribution < 1.29 is 17.6 Å². The summed E-state index contributed by atoms with van der Waals surface area (Å²) in [5, 5.41) is 16.2. The molecule has 2 fully saturated rings. The van der Waals surface area contributed by atoms with E-state index in [9.17, 15) is 17.6 Å². The third-order valence-corrected chi connectivity index (χ3v) is 9.45. The molecule has 1 aliphatic heterocycles. The molecule has 1 amide bonds. The molecule has 4 aromatic rings. The summed E-state index contributed by atoms with van der Waals surface area (Å²) in [6.45, 7) is 4.60. The number of amides is 1. The fourth-order valence-electron chi connectivity index (χ4n) is 6.00. The van der Waals surface area contributed by atoms with Crippen molar-refractivity contribution in [1.82, 2.24) is 34.4 Å². The molecule has 1 saturated heterocycles. The van der Waals surface area contributed by atoms with E-state index in [1.165, 1.54) is 34.4 Å². The van der Waals surface area contributed by atoms with Crippen LogP contribution in [0.5, 0.6) is 0 Å². The van der Waals surface area contributed by atoms with Crippen LogP contribution in [0.2, 0.25) is 0 Å². The standard InChI is InChI=1S/C25H26FN7O3S/c1-15-8-23-17(10-29-33(23)19-6-4-18(26)5-7-19)9-20(15)25-14-32(13-22(25)21(25)11-27-16(2)34)37(35,36)24-12-28-31(3)30-24/h4-10,12,21-22H,11,13-14H2,1-3H3,(H,27,34)/t21-,22-,25-/m1/s1. The zero-order chi connectivity index (χ0) is 26.1. The Labute approximate surface area is 213 Å². The number of carbonyl (C=O) groups is 1. The molecule has 2 aromatic carbocycles. The Morgan fingerprint density at radius 1 is 1.19 bits per heavy atom. The lowest BCUT2D eigenvalue weighted by Gasteiger charge is -2.24. The molecule has 1 saturated carbocycles. The monoisotopic (exact) mass is 523 g/mol. The number of hydrogen-bond acceptors (Lipinski definition) is 6. The Balaban J connectivity index is 1.40. The maximum Gasteiger partial charge on any atom is 0.264 e. The van der Waals surface area contributed by atoms with Crippen molar-refractivity contribution in [3.8, 4) is 5.69 Å². The predicted octanol–water partition coefficient (Wildman–Crippen LogP) is 1.93. The zero-order valence-electron chi connectivity index (χ0n) is 20.6. The van der Waals surface area contributed by atoms with Crippen molar-refractivity contribution in [2.75, 3.05) is 19.6 Å². The minimum atomic E-state index is -3.81. The summed E-state index contributed by atoms with van der Waals surface area (Å²) in [6, 6.07) is 10.3. The van der Waals surface area contributed by atoms with Gasteiger partial charge in [0.2, 0.25) is 10.9 Å². The number of fused-ring (bicyclic) bond motifs is 2. The second-order valence-electron chi connectivity index (χ2n) is 9.92. The van der Waals surface area contributed by atoms with E-state index >= 15 is 0 Å². The van der Waals surface area contributed by atoms with Crippen LogP contribution < -0.4 is 5.32 Å². The highest BCUT2D eigenvalue weighted by molar-refractivity contribution is 7.89. The Morgan fingerprint density at radius 3 is 2.62 bits per heavy atom. The second kappa shape index (κ2) is 8.18. The fourth-order valence-corrected chi connectivity index (χ4v) is 7.40. The van der Waals surface area contributed by atoms with E-state index in [1.54, 1.807) is 30.1 Å². The second-order valence-corrected chi connectivity index (χ2v) is 11.8. The quantitative estimate of drug-likeness (QED) is 0.413. The first-order valence-electron chi connectivity index (χ1n) is 12.0. The van der Waals surface area contributed by atoms with E-state index in [4.69, 9.17) is 0 Å². The van der Waals surface area contributed by atoms with Crippen molar-refractivity contribution >= 4 is 26.8 Å². The Hall–Kier alpha value is -3.64. The molecule has 2 aromatic heterocycles. The lowest BCUT2D eigenvalue weighted by atomic mass is 9.88. The lowest BCUT2D eigenvalue weighted by Crippen LogP contribution is -2.37. The molecule has 192 valence electrons. The molecule has 0 unspecified atom stereocenters. The highest BCUT2D eigenvalue weighted by Gasteiger charge is 2.71. The minimum Gasteiger partial charge on any atom is -0.356 e. The summed E-state index contributed by atoms with van der Waals surface area (Å²) >= 11 is 0. The molecule has 1 aliphatic carbocycles. The topological polar surface area (TPSA) is 115 Å². The van der Waals surface area contributed by atoms with Crippen molar-refractivity contribution in [2.45, 2.75) is 24.3 Å². The number of halogens is 1. The average Bonchev–Trinajstić information content (AvgIpc) is 3.31. The van der Waals surface area contributed by atoms with Crippen LogP contribution in [0.1, 0.15) is 18.1 Å². The smallest absolute Gasteiger partial charge is 0.264 e. The van der Waals surface area contributed by atoms with Gasteiger partial charge in [0.15, 0.2) is 0 Å². The van der Waals surface area contributed by atoms with Gasteiger partial charge < -0.3 is 5.32 Å². The summed E-state index contributed by atoms with van der Waals surface area (Å²) in [7, 11) is -2.23. The summed E-state index contributed by atoms with van der Waals surface area (Å²) < 4.78 is 43.4. The lowest BCUT2D eigenvalue weighted by molar-refractivity contribution is -0.119. The van der Waals surface area contributed by atoms with Gasteiger partial charge in [-0.3, -0.25) is 4.79 Å². The van der Waals surface area contributed by atoms with Crippen LogP contribution in [-0.4, -0.2) is 63.0 Å². The molecule has 2 aliphatic rings. The van der Waals surface area contributed by atoms with E-state index in [-0.39, 0.29) is 28.6 Å². The molecule has 0 bridgehead atoms. The van der Waals surface area contributed by atoms with Crippen LogP contribution in [0, 0.1) is 24.6 Å². The highest BCUT2D eigenvalue weighted by atomic mass is 32.2. The number of rotatable bonds is 6. The molecular weight excluding hydrogens is 497 g/mol. The number of nitrogens with zero attached hydrogens (tertiary/aromatic N) is 6. The third kappa shape index (κ3) is 3.65. The van der Waals surface area contributed by atoms with Gasteiger partial charge in [-0.2, -0.15) is 19.3 Å². The van der Waals surface area contributed by atoms with E-state index < -0.39 is 15.4 Å². The van der Waals surface area contributed by atoms with Crippen LogP contribution in [0.3, 0.4) is 0 Å². The van der Waals surface area contributed by atoms with Gasteiger partial charge in [-0.15, -0.1) is 5.10 Å². The number of aryl methyl sites for hydroxylation is 2. The number of nitrogens with one attached hydrogen (secondary N) is 1. The Kier molecular flexibility index (Phi) is 5.25.